The third-order valence-electron chi connectivity index (χ3n) is 2.60. The summed E-state index contributed by atoms with van der Waals surface area (Å²) in [5, 5.41) is 12.5. The monoisotopic (exact) mass is 289 g/mol. The van der Waals surface area contributed by atoms with Crippen LogP contribution in [0.2, 0.25) is 0 Å². The number of nitro groups is 1. The number of ether oxygens (including phenoxy) is 1. The van der Waals surface area contributed by atoms with E-state index in [1.807, 2.05) is 0 Å². The van der Waals surface area contributed by atoms with Crippen LogP contribution >= 0.6 is 11.3 Å². The lowest BCUT2D eigenvalue weighted by molar-refractivity contribution is -0.384. The van der Waals surface area contributed by atoms with Gasteiger partial charge in [0.05, 0.1) is 12.0 Å². The molecule has 0 radical (unpaired) electrons. The van der Waals surface area contributed by atoms with Crippen molar-refractivity contribution < 1.29 is 14.5 Å². The summed E-state index contributed by atoms with van der Waals surface area (Å²) in [7, 11) is 1.33. The minimum absolute atomic E-state index is 0.0330. The molecule has 0 aliphatic rings. The summed E-state index contributed by atoms with van der Waals surface area (Å²) in [6.07, 6.45) is 3.46. The molecule has 6 heteroatoms. The van der Waals surface area contributed by atoms with E-state index in [0.717, 1.165) is 5.56 Å². The Kier molecular flexibility index (Phi) is 4.27. The summed E-state index contributed by atoms with van der Waals surface area (Å²) in [4.78, 5) is 22.3. The highest BCUT2D eigenvalue weighted by Gasteiger charge is 2.11. The highest BCUT2D eigenvalue weighted by molar-refractivity contribution is 7.12. The maximum absolute atomic E-state index is 11.5. The van der Waals surface area contributed by atoms with Crippen molar-refractivity contribution in [3.63, 3.8) is 0 Å². The third kappa shape index (κ3) is 3.10. The summed E-state index contributed by atoms with van der Waals surface area (Å²) in [5.41, 5.74) is 1.46. The SMILES string of the molecule is COC(=O)c1sccc1C=Cc1cccc([N+](=O)[O-])c1. The zero-order valence-corrected chi connectivity index (χ0v) is 11.4. The van der Waals surface area contributed by atoms with Crippen LogP contribution < -0.4 is 0 Å². The van der Waals surface area contributed by atoms with Gasteiger partial charge in [-0.15, -0.1) is 11.3 Å². The van der Waals surface area contributed by atoms with Crippen molar-refractivity contribution in [2.75, 3.05) is 7.11 Å². The number of methoxy groups -OCH3 is 1. The molecule has 0 saturated carbocycles. The minimum atomic E-state index is -0.443. The first kappa shape index (κ1) is 14.0. The quantitative estimate of drug-likeness (QED) is 0.490. The Labute approximate surface area is 119 Å². The minimum Gasteiger partial charge on any atom is -0.465 e. The van der Waals surface area contributed by atoms with Crippen LogP contribution in [0.5, 0.6) is 0 Å². The number of hydrogen-bond donors (Lipinski definition) is 0. The van der Waals surface area contributed by atoms with Crippen molar-refractivity contribution in [2.45, 2.75) is 0 Å². The summed E-state index contributed by atoms with van der Waals surface area (Å²) < 4.78 is 4.69. The molecule has 2 rings (SSSR count). The van der Waals surface area contributed by atoms with Gasteiger partial charge in [-0.2, -0.15) is 0 Å². The van der Waals surface area contributed by atoms with Crippen LogP contribution in [0.15, 0.2) is 35.7 Å². The lowest BCUT2D eigenvalue weighted by Crippen LogP contribution is -1.99. The molecule has 20 heavy (non-hydrogen) atoms. The van der Waals surface area contributed by atoms with E-state index in [1.165, 1.54) is 30.6 Å². The van der Waals surface area contributed by atoms with Gasteiger partial charge in [0, 0.05) is 12.1 Å². The van der Waals surface area contributed by atoms with Gasteiger partial charge >= 0.3 is 5.97 Å². The fourth-order valence-electron chi connectivity index (χ4n) is 1.64. The first-order chi connectivity index (χ1) is 9.61. The number of thiophene rings is 1. The van der Waals surface area contributed by atoms with Crippen molar-refractivity contribution in [1.29, 1.82) is 0 Å². The first-order valence-corrected chi connectivity index (χ1v) is 6.58. The zero-order chi connectivity index (χ0) is 14.5. The second-order valence-corrected chi connectivity index (χ2v) is 4.80. The summed E-state index contributed by atoms with van der Waals surface area (Å²) in [6, 6.07) is 8.08. The highest BCUT2D eigenvalue weighted by atomic mass is 32.1. The Morgan fingerprint density at radius 3 is 2.85 bits per heavy atom. The standard InChI is InChI=1S/C14H11NO4S/c1-19-14(16)13-11(7-8-20-13)6-5-10-3-2-4-12(9-10)15(17)18/h2-9H,1H3. The Hall–Kier alpha value is -2.47. The van der Waals surface area contributed by atoms with E-state index in [0.29, 0.717) is 10.4 Å². The van der Waals surface area contributed by atoms with E-state index in [9.17, 15) is 14.9 Å². The number of non-ortho nitro benzene ring substituents is 1. The molecule has 1 heterocycles. The molecule has 0 aliphatic heterocycles. The maximum Gasteiger partial charge on any atom is 0.348 e. The molecule has 102 valence electrons. The predicted octanol–water partition coefficient (Wildman–Crippen LogP) is 3.61. The molecule has 0 saturated heterocycles. The van der Waals surface area contributed by atoms with Crippen LogP contribution in [0.3, 0.4) is 0 Å². The summed E-state index contributed by atoms with van der Waals surface area (Å²) >= 11 is 1.29. The Morgan fingerprint density at radius 2 is 2.15 bits per heavy atom. The summed E-state index contributed by atoms with van der Waals surface area (Å²) in [5.74, 6) is -0.390. The van der Waals surface area contributed by atoms with Crippen LogP contribution in [0.1, 0.15) is 20.8 Å². The van der Waals surface area contributed by atoms with E-state index in [-0.39, 0.29) is 5.69 Å². The zero-order valence-electron chi connectivity index (χ0n) is 10.6. The van der Waals surface area contributed by atoms with E-state index in [1.54, 1.807) is 35.7 Å². The lowest BCUT2D eigenvalue weighted by Gasteiger charge is -1.97. The van der Waals surface area contributed by atoms with Gasteiger partial charge in [0.25, 0.3) is 5.69 Å². The van der Waals surface area contributed by atoms with Crippen molar-refractivity contribution in [1.82, 2.24) is 0 Å². The van der Waals surface area contributed by atoms with Gasteiger partial charge in [0.2, 0.25) is 0 Å². The van der Waals surface area contributed by atoms with E-state index < -0.39 is 10.9 Å². The normalized spacial score (nSPS) is 10.7. The van der Waals surface area contributed by atoms with Gasteiger partial charge < -0.3 is 4.74 Å². The van der Waals surface area contributed by atoms with Crippen LogP contribution in [-0.4, -0.2) is 18.0 Å². The van der Waals surface area contributed by atoms with Crippen molar-refractivity contribution in [3.8, 4) is 0 Å². The van der Waals surface area contributed by atoms with E-state index >= 15 is 0 Å². The van der Waals surface area contributed by atoms with Gasteiger partial charge in [0.15, 0.2) is 0 Å². The van der Waals surface area contributed by atoms with Crippen molar-refractivity contribution in [2.24, 2.45) is 0 Å². The van der Waals surface area contributed by atoms with Crippen LogP contribution in [0, 0.1) is 10.1 Å². The van der Waals surface area contributed by atoms with Crippen LogP contribution in [0.25, 0.3) is 12.2 Å². The lowest BCUT2D eigenvalue weighted by atomic mass is 10.1. The number of carbonyl (C=O) groups excluding carboxylic acids is 1. The first-order valence-electron chi connectivity index (χ1n) is 5.70. The molecular weight excluding hydrogens is 278 g/mol. The van der Waals surface area contributed by atoms with Gasteiger partial charge in [-0.25, -0.2) is 4.79 Å². The number of esters is 1. The van der Waals surface area contributed by atoms with Crippen molar-refractivity contribution in [3.05, 3.63) is 61.8 Å². The molecule has 0 amide bonds. The molecule has 0 N–H and O–H groups in total. The molecule has 1 aromatic carbocycles. The Balaban J connectivity index is 2.26. The van der Waals surface area contributed by atoms with Gasteiger partial charge in [-0.3, -0.25) is 10.1 Å². The molecule has 0 aliphatic carbocycles. The predicted molar refractivity (Wildman–Crippen MR) is 77.7 cm³/mol. The van der Waals surface area contributed by atoms with Gasteiger partial charge in [-0.1, -0.05) is 24.3 Å². The largest absolute Gasteiger partial charge is 0.465 e. The average molecular weight is 289 g/mol. The number of nitrogens with zero attached hydrogens (tertiary/aromatic N) is 1. The Morgan fingerprint density at radius 1 is 1.35 bits per heavy atom. The van der Waals surface area contributed by atoms with E-state index in [2.05, 4.69) is 4.74 Å². The molecule has 0 unspecified atom stereocenters. The van der Waals surface area contributed by atoms with E-state index in [4.69, 9.17) is 0 Å². The van der Waals surface area contributed by atoms with Crippen molar-refractivity contribution >= 4 is 35.1 Å². The van der Waals surface area contributed by atoms with Gasteiger partial charge in [-0.05, 0) is 22.6 Å². The molecule has 2 aromatic rings. The Bertz CT molecular complexity index is 675. The molecule has 0 spiro atoms. The maximum atomic E-state index is 11.5. The number of benzene rings is 1. The molecule has 0 fully saturated rings. The summed E-state index contributed by atoms with van der Waals surface area (Å²) in [6.45, 7) is 0. The number of carbonyl (C=O) groups is 1. The fraction of sp³-hybridized carbons (Fsp3) is 0.0714. The van der Waals surface area contributed by atoms with Gasteiger partial charge in [0.1, 0.15) is 4.88 Å². The second kappa shape index (κ2) is 6.12. The van der Waals surface area contributed by atoms with Crippen LogP contribution in [0.4, 0.5) is 5.69 Å². The third-order valence-corrected chi connectivity index (χ3v) is 3.51. The average Bonchev–Trinajstić information content (AvgIpc) is 2.93. The molecule has 0 atom stereocenters. The highest BCUT2D eigenvalue weighted by Crippen LogP contribution is 2.21. The fourth-order valence-corrected chi connectivity index (χ4v) is 2.44. The molecule has 5 nitrogen and oxygen atoms in total. The number of nitro benzene ring substituents is 1. The molecule has 1 aromatic heterocycles. The molecule has 0 bridgehead atoms. The number of hydrogen-bond acceptors (Lipinski definition) is 5. The molecular formula is C14H11NO4S. The smallest absolute Gasteiger partial charge is 0.348 e. The second-order valence-electron chi connectivity index (χ2n) is 3.88. The number of rotatable bonds is 4. The topological polar surface area (TPSA) is 69.4 Å². The van der Waals surface area contributed by atoms with Crippen LogP contribution in [-0.2, 0) is 4.74 Å².